The van der Waals surface area contributed by atoms with Crippen LogP contribution in [0.25, 0.3) is 0 Å². The summed E-state index contributed by atoms with van der Waals surface area (Å²) in [5.74, 6) is 0.229. The van der Waals surface area contributed by atoms with Crippen LogP contribution in [0.15, 0.2) is 53.6 Å². The van der Waals surface area contributed by atoms with Crippen LogP contribution in [0.3, 0.4) is 0 Å². The fourth-order valence-electron chi connectivity index (χ4n) is 3.47. The lowest BCUT2D eigenvalue weighted by molar-refractivity contribution is -0.137. The lowest BCUT2D eigenvalue weighted by atomic mass is 9.96. The first kappa shape index (κ1) is 18.2. The summed E-state index contributed by atoms with van der Waals surface area (Å²) in [5.41, 5.74) is 3.72. The van der Waals surface area contributed by atoms with Gasteiger partial charge in [0.25, 0.3) is 0 Å². The average molecular weight is 350 g/mol. The molecule has 0 saturated carbocycles. The van der Waals surface area contributed by atoms with Gasteiger partial charge in [0.1, 0.15) is 5.75 Å². The van der Waals surface area contributed by atoms with Crippen LogP contribution in [-0.4, -0.2) is 21.7 Å². The van der Waals surface area contributed by atoms with E-state index in [1.165, 1.54) is 5.56 Å². The zero-order valence-electron chi connectivity index (χ0n) is 15.6. The van der Waals surface area contributed by atoms with Gasteiger partial charge in [-0.25, -0.2) is 5.01 Å². The first-order valence-electron chi connectivity index (χ1n) is 9.30. The van der Waals surface area contributed by atoms with E-state index in [2.05, 4.69) is 36.3 Å². The van der Waals surface area contributed by atoms with Crippen molar-refractivity contribution in [2.75, 3.05) is 0 Å². The van der Waals surface area contributed by atoms with Gasteiger partial charge < -0.3 is 5.11 Å². The van der Waals surface area contributed by atoms with Gasteiger partial charge in [-0.15, -0.1) is 0 Å². The Morgan fingerprint density at radius 1 is 1.15 bits per heavy atom. The highest BCUT2D eigenvalue weighted by molar-refractivity contribution is 6.05. The molecule has 1 aliphatic rings. The highest BCUT2D eigenvalue weighted by Crippen LogP contribution is 2.36. The molecular weight excluding hydrogens is 324 g/mol. The van der Waals surface area contributed by atoms with Crippen molar-refractivity contribution in [3.63, 3.8) is 0 Å². The number of benzene rings is 2. The van der Waals surface area contributed by atoms with Gasteiger partial charge in [-0.05, 0) is 37.5 Å². The summed E-state index contributed by atoms with van der Waals surface area (Å²) >= 11 is 0. The molecule has 136 valence electrons. The second-order valence-electron chi connectivity index (χ2n) is 6.89. The number of hydrogen-bond donors (Lipinski definition) is 1. The first-order valence-corrected chi connectivity index (χ1v) is 9.30. The summed E-state index contributed by atoms with van der Waals surface area (Å²) in [5, 5.41) is 16.5. The fourth-order valence-corrected chi connectivity index (χ4v) is 3.47. The van der Waals surface area contributed by atoms with Gasteiger partial charge >= 0.3 is 0 Å². The maximum Gasteiger partial charge on any atom is 0.246 e. The fraction of sp³-hybridized carbons (Fsp3) is 0.364. The van der Waals surface area contributed by atoms with E-state index in [-0.39, 0.29) is 23.6 Å². The highest BCUT2D eigenvalue weighted by Gasteiger charge is 2.35. The van der Waals surface area contributed by atoms with Gasteiger partial charge in [0, 0.05) is 17.9 Å². The van der Waals surface area contributed by atoms with Crippen LogP contribution in [0.4, 0.5) is 0 Å². The summed E-state index contributed by atoms with van der Waals surface area (Å²) in [6.07, 6.45) is 2.20. The molecule has 0 aromatic heterocycles. The second-order valence-corrected chi connectivity index (χ2v) is 6.89. The maximum absolute atomic E-state index is 13.1. The number of carbonyl (C=O) groups excluding carboxylic acids is 1. The number of rotatable bonds is 5. The summed E-state index contributed by atoms with van der Waals surface area (Å²) in [6, 6.07) is 15.3. The standard InChI is InChI=1S/C22H26N2O2/c1-4-16(5-2)22(26)24-20(17-12-10-15(3)11-13-17)14-19(23-24)18-8-6-7-9-21(18)25/h6-13,16,20,25H,4-5,14H2,1-3H3/t20-/m1/s1. The largest absolute Gasteiger partial charge is 0.507 e. The van der Waals surface area contributed by atoms with Gasteiger partial charge in [0.2, 0.25) is 5.91 Å². The topological polar surface area (TPSA) is 52.9 Å². The van der Waals surface area contributed by atoms with Crippen molar-refractivity contribution in [1.29, 1.82) is 0 Å². The third kappa shape index (κ3) is 3.50. The Morgan fingerprint density at radius 2 is 1.81 bits per heavy atom. The SMILES string of the molecule is CCC(CC)C(=O)N1N=C(c2ccccc2O)C[C@@H]1c1ccc(C)cc1. The van der Waals surface area contributed by atoms with E-state index in [0.29, 0.717) is 12.0 Å². The molecular formula is C22H26N2O2. The minimum Gasteiger partial charge on any atom is -0.507 e. The quantitative estimate of drug-likeness (QED) is 0.841. The Morgan fingerprint density at radius 3 is 2.42 bits per heavy atom. The van der Waals surface area contributed by atoms with Crippen molar-refractivity contribution in [3.05, 3.63) is 65.2 Å². The predicted molar refractivity (Wildman–Crippen MR) is 104 cm³/mol. The minimum atomic E-state index is -0.127. The van der Waals surface area contributed by atoms with E-state index in [1.807, 2.05) is 26.0 Å². The summed E-state index contributed by atoms with van der Waals surface area (Å²) in [4.78, 5) is 13.1. The Labute approximate surface area is 155 Å². The molecule has 0 fully saturated rings. The molecule has 1 atom stereocenters. The first-order chi connectivity index (χ1) is 12.5. The normalized spacial score (nSPS) is 16.8. The van der Waals surface area contributed by atoms with E-state index in [9.17, 15) is 9.90 Å². The molecule has 0 aliphatic carbocycles. The maximum atomic E-state index is 13.1. The minimum absolute atomic E-state index is 0.0320. The number of phenolic OH excluding ortho intramolecular Hbond substituents is 1. The van der Waals surface area contributed by atoms with Crippen LogP contribution < -0.4 is 0 Å². The Hall–Kier alpha value is -2.62. The Kier molecular flexibility index (Phi) is 5.40. The number of phenols is 1. The molecule has 1 aliphatic heterocycles. The van der Waals surface area contributed by atoms with Crippen molar-refractivity contribution < 1.29 is 9.90 Å². The van der Waals surface area contributed by atoms with Gasteiger partial charge in [-0.3, -0.25) is 4.79 Å². The van der Waals surface area contributed by atoms with E-state index < -0.39 is 0 Å². The van der Waals surface area contributed by atoms with Crippen molar-refractivity contribution in [2.45, 2.75) is 46.1 Å². The number of carbonyl (C=O) groups is 1. The molecule has 26 heavy (non-hydrogen) atoms. The molecule has 3 rings (SSSR count). The molecule has 0 radical (unpaired) electrons. The summed E-state index contributed by atoms with van der Waals surface area (Å²) < 4.78 is 0. The number of aryl methyl sites for hydroxylation is 1. The second kappa shape index (κ2) is 7.73. The zero-order valence-corrected chi connectivity index (χ0v) is 15.6. The van der Waals surface area contributed by atoms with E-state index in [0.717, 1.165) is 24.1 Å². The number of nitrogens with zero attached hydrogens (tertiary/aromatic N) is 2. The van der Waals surface area contributed by atoms with Crippen LogP contribution in [0, 0.1) is 12.8 Å². The molecule has 0 unspecified atom stereocenters. The molecule has 0 spiro atoms. The third-order valence-electron chi connectivity index (χ3n) is 5.15. The van der Waals surface area contributed by atoms with Gasteiger partial charge in [0.05, 0.1) is 11.8 Å². The van der Waals surface area contributed by atoms with Crippen LogP contribution >= 0.6 is 0 Å². The van der Waals surface area contributed by atoms with Crippen LogP contribution in [0.1, 0.15) is 55.8 Å². The van der Waals surface area contributed by atoms with Gasteiger partial charge in [0.15, 0.2) is 0 Å². The van der Waals surface area contributed by atoms with E-state index >= 15 is 0 Å². The predicted octanol–water partition coefficient (Wildman–Crippen LogP) is 4.81. The molecule has 4 nitrogen and oxygen atoms in total. The molecule has 4 heteroatoms. The highest BCUT2D eigenvalue weighted by atomic mass is 16.3. The molecule has 0 saturated heterocycles. The molecule has 1 heterocycles. The van der Waals surface area contributed by atoms with Gasteiger partial charge in [-0.1, -0.05) is 55.8 Å². The van der Waals surface area contributed by atoms with Gasteiger partial charge in [-0.2, -0.15) is 5.10 Å². The van der Waals surface area contributed by atoms with Crippen LogP contribution in [-0.2, 0) is 4.79 Å². The average Bonchev–Trinajstić information content (AvgIpc) is 3.08. The van der Waals surface area contributed by atoms with Crippen molar-refractivity contribution in [1.82, 2.24) is 5.01 Å². The van der Waals surface area contributed by atoms with Crippen molar-refractivity contribution in [3.8, 4) is 5.75 Å². The lowest BCUT2D eigenvalue weighted by Crippen LogP contribution is -2.32. The Balaban J connectivity index is 1.99. The lowest BCUT2D eigenvalue weighted by Gasteiger charge is -2.25. The number of amides is 1. The number of hydrogen-bond acceptors (Lipinski definition) is 3. The third-order valence-corrected chi connectivity index (χ3v) is 5.15. The monoisotopic (exact) mass is 350 g/mol. The zero-order chi connectivity index (χ0) is 18.7. The molecule has 0 bridgehead atoms. The number of para-hydroxylation sites is 1. The number of hydrazone groups is 1. The smallest absolute Gasteiger partial charge is 0.246 e. The van der Waals surface area contributed by atoms with Crippen molar-refractivity contribution >= 4 is 11.6 Å². The van der Waals surface area contributed by atoms with Crippen molar-refractivity contribution in [2.24, 2.45) is 11.0 Å². The Bertz CT molecular complexity index is 807. The number of aromatic hydroxyl groups is 1. The molecule has 1 amide bonds. The van der Waals surface area contributed by atoms with Crippen LogP contribution in [0.5, 0.6) is 5.75 Å². The molecule has 2 aromatic carbocycles. The summed E-state index contributed by atoms with van der Waals surface area (Å²) in [7, 11) is 0. The summed E-state index contributed by atoms with van der Waals surface area (Å²) in [6.45, 7) is 6.13. The van der Waals surface area contributed by atoms with E-state index in [1.54, 1.807) is 17.1 Å². The van der Waals surface area contributed by atoms with E-state index in [4.69, 9.17) is 0 Å². The molecule has 1 N–H and O–H groups in total. The van der Waals surface area contributed by atoms with Crippen LogP contribution in [0.2, 0.25) is 0 Å². The molecule has 2 aromatic rings.